The average molecular weight is 258 g/mol. The molecule has 0 aliphatic carbocycles. The van der Waals surface area contributed by atoms with E-state index in [1.54, 1.807) is 0 Å². The first-order valence-electron chi connectivity index (χ1n) is 5.01. The van der Waals surface area contributed by atoms with E-state index in [0.717, 1.165) is 0 Å². The predicted molar refractivity (Wildman–Crippen MR) is 64.4 cm³/mol. The van der Waals surface area contributed by atoms with Gasteiger partial charge in [0.2, 0.25) is 5.88 Å². The highest BCUT2D eigenvalue weighted by atomic mass is 32.2. The summed E-state index contributed by atoms with van der Waals surface area (Å²) in [4.78, 5) is 14.4. The predicted octanol–water partition coefficient (Wildman–Crippen LogP) is 1.72. The summed E-state index contributed by atoms with van der Waals surface area (Å²) in [6, 6.07) is 2.83. The zero-order valence-corrected chi connectivity index (χ0v) is 10.4. The highest BCUT2D eigenvalue weighted by Crippen LogP contribution is 2.30. The number of hydrogen-bond donors (Lipinski definition) is 1. The summed E-state index contributed by atoms with van der Waals surface area (Å²) in [5.41, 5.74) is -0.0408. The van der Waals surface area contributed by atoms with Crippen LogP contribution in [0.25, 0.3) is 0 Å². The SMILES string of the molecule is COc1ccc([N+](=O)[O-])c(SCC(C)CO)n1. The number of aliphatic hydroxyl groups is 1. The van der Waals surface area contributed by atoms with Gasteiger partial charge in [0.15, 0.2) is 5.03 Å². The molecular formula is C10H14N2O4S. The molecular weight excluding hydrogens is 244 g/mol. The van der Waals surface area contributed by atoms with Gasteiger partial charge in [0.25, 0.3) is 0 Å². The van der Waals surface area contributed by atoms with Crippen LogP contribution in [0.5, 0.6) is 5.88 Å². The summed E-state index contributed by atoms with van der Waals surface area (Å²) in [5, 5.41) is 20.0. The first-order valence-corrected chi connectivity index (χ1v) is 6.00. The van der Waals surface area contributed by atoms with Crippen LogP contribution in [0.1, 0.15) is 6.92 Å². The lowest BCUT2D eigenvalue weighted by Crippen LogP contribution is -2.04. The Balaban J connectivity index is 2.89. The molecule has 1 aromatic rings. The summed E-state index contributed by atoms with van der Waals surface area (Å²) < 4.78 is 4.93. The lowest BCUT2D eigenvalue weighted by atomic mass is 10.2. The summed E-state index contributed by atoms with van der Waals surface area (Å²) in [7, 11) is 1.46. The molecule has 7 heteroatoms. The highest BCUT2D eigenvalue weighted by molar-refractivity contribution is 7.99. The summed E-state index contributed by atoms with van der Waals surface area (Å²) >= 11 is 1.24. The second-order valence-corrected chi connectivity index (χ2v) is 4.54. The maximum absolute atomic E-state index is 10.8. The second-order valence-electron chi connectivity index (χ2n) is 3.53. The van der Waals surface area contributed by atoms with Crippen LogP contribution in [0.15, 0.2) is 17.2 Å². The molecule has 0 saturated heterocycles. The fourth-order valence-electron chi connectivity index (χ4n) is 1.05. The van der Waals surface area contributed by atoms with E-state index in [2.05, 4.69) is 4.98 Å². The molecule has 1 rings (SSSR count). The van der Waals surface area contributed by atoms with E-state index in [0.29, 0.717) is 16.7 Å². The lowest BCUT2D eigenvalue weighted by Gasteiger charge is -2.07. The van der Waals surface area contributed by atoms with Crippen molar-refractivity contribution in [3.8, 4) is 5.88 Å². The minimum atomic E-state index is -0.474. The van der Waals surface area contributed by atoms with Crippen molar-refractivity contribution in [1.29, 1.82) is 0 Å². The minimum absolute atomic E-state index is 0.0408. The zero-order chi connectivity index (χ0) is 12.8. The van der Waals surface area contributed by atoms with Gasteiger partial charge in [0, 0.05) is 24.5 Å². The summed E-state index contributed by atoms with van der Waals surface area (Å²) in [6.07, 6.45) is 0. The number of nitrogens with zero attached hydrogens (tertiary/aromatic N) is 2. The fraction of sp³-hybridized carbons (Fsp3) is 0.500. The molecule has 94 valence electrons. The number of pyridine rings is 1. The Morgan fingerprint density at radius 1 is 1.65 bits per heavy atom. The van der Waals surface area contributed by atoms with Crippen LogP contribution in [-0.4, -0.2) is 34.5 Å². The van der Waals surface area contributed by atoms with Crippen LogP contribution in [-0.2, 0) is 0 Å². The molecule has 6 nitrogen and oxygen atoms in total. The van der Waals surface area contributed by atoms with Crippen molar-refractivity contribution in [1.82, 2.24) is 4.98 Å². The van der Waals surface area contributed by atoms with E-state index in [-0.39, 0.29) is 18.2 Å². The molecule has 1 N–H and O–H groups in total. The molecule has 0 aromatic carbocycles. The number of hydrogen-bond acceptors (Lipinski definition) is 6. The molecule has 1 atom stereocenters. The Hall–Kier alpha value is -1.34. The Morgan fingerprint density at radius 2 is 2.35 bits per heavy atom. The summed E-state index contributed by atoms with van der Waals surface area (Å²) in [5.74, 6) is 0.972. The highest BCUT2D eigenvalue weighted by Gasteiger charge is 2.17. The van der Waals surface area contributed by atoms with Gasteiger partial charge in [-0.1, -0.05) is 18.7 Å². The van der Waals surface area contributed by atoms with Gasteiger partial charge in [-0.2, -0.15) is 4.98 Å². The number of methoxy groups -OCH3 is 1. The third-order valence-corrected chi connectivity index (χ3v) is 3.35. The van der Waals surface area contributed by atoms with E-state index >= 15 is 0 Å². The molecule has 0 aliphatic heterocycles. The molecule has 17 heavy (non-hydrogen) atoms. The van der Waals surface area contributed by atoms with Crippen molar-refractivity contribution < 1.29 is 14.8 Å². The Labute approximate surface area is 103 Å². The molecule has 0 amide bonds. The van der Waals surface area contributed by atoms with Gasteiger partial charge < -0.3 is 9.84 Å². The van der Waals surface area contributed by atoms with Crippen molar-refractivity contribution in [3.05, 3.63) is 22.2 Å². The van der Waals surface area contributed by atoms with Crippen molar-refractivity contribution >= 4 is 17.4 Å². The molecule has 1 heterocycles. The summed E-state index contributed by atoms with van der Waals surface area (Å²) in [6.45, 7) is 1.91. The Kier molecular flexibility index (Phi) is 5.17. The van der Waals surface area contributed by atoms with Gasteiger partial charge in [-0.15, -0.1) is 0 Å². The minimum Gasteiger partial charge on any atom is -0.481 e. The van der Waals surface area contributed by atoms with Crippen LogP contribution in [0, 0.1) is 16.0 Å². The molecule has 0 bridgehead atoms. The normalized spacial score (nSPS) is 12.2. The van der Waals surface area contributed by atoms with Crippen LogP contribution in [0.2, 0.25) is 0 Å². The van der Waals surface area contributed by atoms with Crippen molar-refractivity contribution in [2.24, 2.45) is 5.92 Å². The number of nitro groups is 1. The maximum atomic E-state index is 10.8. The number of ether oxygens (including phenoxy) is 1. The van der Waals surface area contributed by atoms with Crippen molar-refractivity contribution in [3.63, 3.8) is 0 Å². The molecule has 1 aromatic heterocycles. The molecule has 0 radical (unpaired) electrons. The standard InChI is InChI=1S/C10H14N2O4S/c1-7(5-13)6-17-10-8(12(14)15)3-4-9(11-10)16-2/h3-4,7,13H,5-6H2,1-2H3. The maximum Gasteiger partial charge on any atom is 0.301 e. The first-order chi connectivity index (χ1) is 8.08. The topological polar surface area (TPSA) is 85.5 Å². The monoisotopic (exact) mass is 258 g/mol. The van der Waals surface area contributed by atoms with E-state index < -0.39 is 4.92 Å². The number of rotatable bonds is 6. The Morgan fingerprint density at radius 3 is 2.88 bits per heavy atom. The van der Waals surface area contributed by atoms with Crippen LogP contribution >= 0.6 is 11.8 Å². The van der Waals surface area contributed by atoms with E-state index in [4.69, 9.17) is 9.84 Å². The van der Waals surface area contributed by atoms with Gasteiger partial charge >= 0.3 is 5.69 Å². The molecule has 1 unspecified atom stereocenters. The second kappa shape index (κ2) is 6.41. The van der Waals surface area contributed by atoms with Gasteiger partial charge in [-0.3, -0.25) is 10.1 Å². The third kappa shape index (κ3) is 3.86. The van der Waals surface area contributed by atoms with E-state index in [1.807, 2.05) is 6.92 Å². The van der Waals surface area contributed by atoms with Crippen LogP contribution in [0.4, 0.5) is 5.69 Å². The molecule has 0 aliphatic rings. The third-order valence-electron chi connectivity index (χ3n) is 2.04. The van der Waals surface area contributed by atoms with Crippen LogP contribution < -0.4 is 4.74 Å². The quantitative estimate of drug-likeness (QED) is 0.475. The van der Waals surface area contributed by atoms with Crippen molar-refractivity contribution in [2.75, 3.05) is 19.5 Å². The first kappa shape index (κ1) is 13.7. The number of thioether (sulfide) groups is 1. The van der Waals surface area contributed by atoms with Crippen molar-refractivity contribution in [2.45, 2.75) is 11.9 Å². The lowest BCUT2D eigenvalue weighted by molar-refractivity contribution is -0.388. The van der Waals surface area contributed by atoms with Gasteiger partial charge in [-0.25, -0.2) is 0 Å². The molecule has 0 spiro atoms. The van der Waals surface area contributed by atoms with Gasteiger partial charge in [-0.05, 0) is 5.92 Å². The van der Waals surface area contributed by atoms with Crippen LogP contribution in [0.3, 0.4) is 0 Å². The smallest absolute Gasteiger partial charge is 0.301 e. The van der Waals surface area contributed by atoms with Gasteiger partial charge in [0.1, 0.15) is 0 Å². The van der Waals surface area contributed by atoms with E-state index in [9.17, 15) is 10.1 Å². The fourth-order valence-corrected chi connectivity index (χ4v) is 2.04. The Bertz CT molecular complexity index is 400. The average Bonchev–Trinajstić information content (AvgIpc) is 2.35. The zero-order valence-electron chi connectivity index (χ0n) is 9.62. The molecule has 0 fully saturated rings. The number of aliphatic hydroxyl groups excluding tert-OH is 1. The van der Waals surface area contributed by atoms with Gasteiger partial charge in [0.05, 0.1) is 12.0 Å². The largest absolute Gasteiger partial charge is 0.481 e. The number of aromatic nitrogens is 1. The van der Waals surface area contributed by atoms with E-state index in [1.165, 1.54) is 31.0 Å². The molecule has 0 saturated carbocycles.